The summed E-state index contributed by atoms with van der Waals surface area (Å²) in [5.41, 5.74) is -1.09. The van der Waals surface area contributed by atoms with Crippen LogP contribution in [0.25, 0.3) is 10.9 Å². The van der Waals surface area contributed by atoms with E-state index in [2.05, 4.69) is 4.98 Å². The van der Waals surface area contributed by atoms with Crippen LogP contribution in [-0.2, 0) is 15.1 Å². The smallest absolute Gasteiger partial charge is 0.264 e. The number of benzene rings is 1. The zero-order chi connectivity index (χ0) is 26.3. The molecule has 1 fully saturated rings. The van der Waals surface area contributed by atoms with E-state index >= 15 is 0 Å². The van der Waals surface area contributed by atoms with Gasteiger partial charge in [-0.3, -0.25) is 19.0 Å². The van der Waals surface area contributed by atoms with Crippen molar-refractivity contribution in [3.63, 3.8) is 0 Å². The van der Waals surface area contributed by atoms with Gasteiger partial charge in [-0.2, -0.15) is 0 Å². The molecular formula is C16H17N3O3. The van der Waals surface area contributed by atoms with Crippen LogP contribution in [-0.4, -0.2) is 21.1 Å². The van der Waals surface area contributed by atoms with E-state index in [4.69, 9.17) is 22.2 Å². The first-order chi connectivity index (χ1) is 15.3. The average Bonchev–Trinajstić information content (AvgIpc) is 2.69. The van der Waals surface area contributed by atoms with Crippen molar-refractivity contribution in [1.29, 1.82) is 0 Å². The van der Waals surface area contributed by atoms with Gasteiger partial charge in [-0.05, 0) is 32.2 Å². The zero-order valence-electron chi connectivity index (χ0n) is 23.0. The minimum atomic E-state index is -3.92. The van der Waals surface area contributed by atoms with Gasteiger partial charge in [0.25, 0.3) is 5.56 Å². The van der Waals surface area contributed by atoms with E-state index < -0.39 is 96.1 Å². The van der Waals surface area contributed by atoms with Crippen LogP contribution in [0.3, 0.4) is 0 Å². The molecular weight excluding hydrogens is 282 g/mol. The van der Waals surface area contributed by atoms with Crippen molar-refractivity contribution in [2.45, 2.75) is 38.4 Å². The first-order valence-corrected chi connectivity index (χ1v) is 6.01. The molecule has 0 aliphatic heterocycles. The molecule has 0 amide bonds. The van der Waals surface area contributed by atoms with E-state index in [-0.39, 0.29) is 4.57 Å². The van der Waals surface area contributed by atoms with E-state index in [1.54, 1.807) is 0 Å². The molecule has 3 rings (SSSR count). The SMILES string of the molecule is [2H]c1c([2H])c(N)c2c(=O)n(C3(C([2H])([2H])[2H])C(=O)CC(=O)C([2H])([2H])C3([2H])[2H])c(C([2H])[2H])nc2c1[2H]. The predicted octanol–water partition coefficient (Wildman–Crippen LogP) is 1.32. The van der Waals surface area contributed by atoms with Gasteiger partial charge in [-0.15, -0.1) is 0 Å². The molecule has 6 heteroatoms. The molecule has 6 nitrogen and oxygen atoms in total. The highest BCUT2D eigenvalue weighted by Crippen LogP contribution is 2.30. The summed E-state index contributed by atoms with van der Waals surface area (Å²) in [5.74, 6) is -4.43. The molecule has 1 aromatic carbocycles. The first kappa shape index (κ1) is 5.95. The number of rotatable bonds is 1. The van der Waals surface area contributed by atoms with Gasteiger partial charge in [0.15, 0.2) is 5.78 Å². The highest BCUT2D eigenvalue weighted by molar-refractivity contribution is 6.05. The third-order valence-corrected chi connectivity index (χ3v) is 3.20. The number of anilines is 1. The Labute approximate surface area is 143 Å². The number of nitrogens with two attached hydrogens (primary N) is 1. The molecule has 1 aliphatic rings. The largest absolute Gasteiger partial charge is 0.398 e. The number of ketones is 2. The second-order valence-corrected chi connectivity index (χ2v) is 4.61. The van der Waals surface area contributed by atoms with E-state index in [1.807, 2.05) is 0 Å². The van der Waals surface area contributed by atoms with Crippen LogP contribution in [0.1, 0.15) is 48.3 Å². The molecule has 0 saturated heterocycles. The lowest BCUT2D eigenvalue weighted by Crippen LogP contribution is -2.49. The molecule has 1 unspecified atom stereocenters. The summed E-state index contributed by atoms with van der Waals surface area (Å²) < 4.78 is 95.7. The molecule has 1 saturated carbocycles. The second kappa shape index (κ2) is 4.76. The maximum atomic E-state index is 13.6. The van der Waals surface area contributed by atoms with Gasteiger partial charge in [0.05, 0.1) is 21.4 Å². The molecule has 1 aliphatic carbocycles. The molecule has 22 heavy (non-hydrogen) atoms. The van der Waals surface area contributed by atoms with Gasteiger partial charge in [-0.25, -0.2) is 4.98 Å². The third kappa shape index (κ3) is 1.94. The van der Waals surface area contributed by atoms with Crippen molar-refractivity contribution in [3.05, 3.63) is 34.3 Å². The van der Waals surface area contributed by atoms with Gasteiger partial charge in [0.1, 0.15) is 17.1 Å². The summed E-state index contributed by atoms with van der Waals surface area (Å²) in [6.45, 7) is -6.23. The fourth-order valence-corrected chi connectivity index (χ4v) is 2.14. The fraction of sp³-hybridized carbons (Fsp3) is 0.375. The predicted molar refractivity (Wildman–Crippen MR) is 82.7 cm³/mol. The van der Waals surface area contributed by atoms with Gasteiger partial charge in [0, 0.05) is 24.4 Å². The summed E-state index contributed by atoms with van der Waals surface area (Å²) in [7, 11) is 0. The Hall–Kier alpha value is -2.50. The maximum Gasteiger partial charge on any atom is 0.264 e. The lowest BCUT2D eigenvalue weighted by molar-refractivity contribution is -0.136. The number of hydrogen-bond acceptors (Lipinski definition) is 5. The minimum Gasteiger partial charge on any atom is -0.398 e. The van der Waals surface area contributed by atoms with E-state index in [0.29, 0.717) is 0 Å². The van der Waals surface area contributed by atoms with E-state index in [9.17, 15) is 14.4 Å². The number of carbonyl (C=O) groups excluding carboxylic acids is 2. The summed E-state index contributed by atoms with van der Waals surface area (Å²) in [6, 6.07) is -2.43. The van der Waals surface area contributed by atoms with Crippen molar-refractivity contribution >= 4 is 28.2 Å². The van der Waals surface area contributed by atoms with Crippen molar-refractivity contribution in [2.75, 3.05) is 5.73 Å². The van der Waals surface area contributed by atoms with Crippen LogP contribution >= 0.6 is 0 Å². The highest BCUT2D eigenvalue weighted by Gasteiger charge is 2.41. The van der Waals surface area contributed by atoms with Crippen LogP contribution in [0.4, 0.5) is 5.69 Å². The fourth-order valence-electron chi connectivity index (χ4n) is 2.14. The van der Waals surface area contributed by atoms with Crippen molar-refractivity contribution in [2.24, 2.45) is 0 Å². The number of carbonyl (C=O) groups is 2. The summed E-state index contributed by atoms with van der Waals surface area (Å²) in [5, 5.41) is -0.847. The Morgan fingerprint density at radius 2 is 2.27 bits per heavy atom. The molecule has 2 N–H and O–H groups in total. The number of nitrogens with zero attached hydrogens (tertiary/aromatic N) is 2. The molecule has 2 aromatic rings. The Kier molecular flexibility index (Phi) is 1.29. The highest BCUT2D eigenvalue weighted by atomic mass is 16.2. The lowest BCUT2D eigenvalue weighted by atomic mass is 9.81. The van der Waals surface area contributed by atoms with Crippen LogP contribution in [0.15, 0.2) is 22.9 Å². The summed E-state index contributed by atoms with van der Waals surface area (Å²) in [4.78, 5) is 42.8. The quantitative estimate of drug-likeness (QED) is 0.633. The van der Waals surface area contributed by atoms with E-state index in [1.165, 1.54) is 0 Å². The first-order valence-electron chi connectivity index (χ1n) is 12.2. The molecule has 1 aromatic heterocycles. The van der Waals surface area contributed by atoms with Crippen molar-refractivity contribution in [3.8, 4) is 0 Å². The number of Topliss-reactive ketones (excluding diaryl/α,β-unsaturated/α-hetero) is 2. The standard InChI is InChI=1S/C16H17N3O3/c1-9-18-12-5-3-4-11(17)14(12)15(22)19(9)16(2)7-6-10(20)8-13(16)21/h3-5H,6-8,17H2,1-2H3/i1D2,2D3,3D,4D,5D,6D2,7D2. The minimum absolute atomic E-state index is 0.140. The average molecular weight is 311 g/mol. The van der Waals surface area contributed by atoms with Crippen molar-refractivity contribution < 1.29 is 26.0 Å². The van der Waals surface area contributed by atoms with Gasteiger partial charge >= 0.3 is 0 Å². The van der Waals surface area contributed by atoms with Crippen LogP contribution in [0.5, 0.6) is 0 Å². The molecule has 0 spiro atoms. The van der Waals surface area contributed by atoms with Gasteiger partial charge < -0.3 is 5.73 Å². The Bertz CT molecular complexity index is 1320. The summed E-state index contributed by atoms with van der Waals surface area (Å²) >= 11 is 0. The molecule has 0 bridgehead atoms. The van der Waals surface area contributed by atoms with Gasteiger partial charge in [0.2, 0.25) is 0 Å². The van der Waals surface area contributed by atoms with Gasteiger partial charge in [-0.1, -0.05) is 6.04 Å². The van der Waals surface area contributed by atoms with Crippen LogP contribution in [0, 0.1) is 6.88 Å². The molecule has 1 heterocycles. The number of fused-ring (bicyclic) bond motifs is 1. The number of hydrogen-bond donors (Lipinski definition) is 1. The second-order valence-electron chi connectivity index (χ2n) is 4.61. The Morgan fingerprint density at radius 1 is 1.45 bits per heavy atom. The molecule has 1 atom stereocenters. The van der Waals surface area contributed by atoms with Crippen LogP contribution < -0.4 is 11.3 Å². The third-order valence-electron chi connectivity index (χ3n) is 3.20. The Morgan fingerprint density at radius 3 is 3.00 bits per heavy atom. The zero-order valence-corrected chi connectivity index (χ0v) is 11.0. The molecule has 114 valence electrons. The Balaban J connectivity index is 2.74. The van der Waals surface area contributed by atoms with E-state index in [0.717, 1.165) is 0 Å². The number of aryl methyl sites for hydroxylation is 1. The number of nitrogen functional groups attached to an aromatic ring is 1. The molecule has 0 radical (unpaired) electrons. The van der Waals surface area contributed by atoms with Crippen molar-refractivity contribution in [1.82, 2.24) is 9.55 Å². The maximum absolute atomic E-state index is 13.6. The lowest BCUT2D eigenvalue weighted by Gasteiger charge is -2.34. The summed E-state index contributed by atoms with van der Waals surface area (Å²) in [6.07, 6.45) is -8.93. The normalized spacial score (nSPS) is 35.5. The monoisotopic (exact) mass is 311 g/mol. The number of aromatic nitrogens is 2. The van der Waals surface area contributed by atoms with Crippen LogP contribution in [0.2, 0.25) is 0 Å². The topological polar surface area (TPSA) is 95.0 Å².